The molecule has 1 aliphatic heterocycles. The van der Waals surface area contributed by atoms with Crippen LogP contribution in [0.15, 0.2) is 47.8 Å². The lowest BCUT2D eigenvalue weighted by molar-refractivity contribution is -0.119. The van der Waals surface area contributed by atoms with Gasteiger partial charge in [-0.25, -0.2) is 0 Å². The van der Waals surface area contributed by atoms with Crippen molar-refractivity contribution in [2.24, 2.45) is 5.92 Å². The van der Waals surface area contributed by atoms with Crippen LogP contribution in [-0.4, -0.2) is 61.5 Å². The summed E-state index contributed by atoms with van der Waals surface area (Å²) in [6, 6.07) is 14.5. The van der Waals surface area contributed by atoms with Crippen LogP contribution in [0, 0.1) is 5.92 Å². The highest BCUT2D eigenvalue weighted by atomic mass is 32.1. The van der Waals surface area contributed by atoms with Crippen molar-refractivity contribution >= 4 is 22.9 Å². The standard InChI is InChI=1S/C22H29N3OS/c26-22(19-8-9-19)25(20-5-2-1-3-6-20)17-16-24-14-12-23(13-15-24)11-10-21-7-4-18-27-21/h1-7,18-19H,8-17H2. The molecule has 1 saturated heterocycles. The average molecular weight is 384 g/mol. The predicted molar refractivity (Wildman–Crippen MR) is 112 cm³/mol. The van der Waals surface area contributed by atoms with Crippen molar-refractivity contribution in [1.29, 1.82) is 0 Å². The number of amides is 1. The van der Waals surface area contributed by atoms with Gasteiger partial charge in [-0.05, 0) is 42.8 Å². The molecule has 4 nitrogen and oxygen atoms in total. The van der Waals surface area contributed by atoms with E-state index in [0.29, 0.717) is 5.91 Å². The quantitative estimate of drug-likeness (QED) is 0.699. The summed E-state index contributed by atoms with van der Waals surface area (Å²) in [4.78, 5) is 21.3. The van der Waals surface area contributed by atoms with Crippen LogP contribution < -0.4 is 4.90 Å². The van der Waals surface area contributed by atoms with E-state index in [1.165, 1.54) is 4.88 Å². The van der Waals surface area contributed by atoms with Crippen LogP contribution in [0.4, 0.5) is 5.69 Å². The fourth-order valence-corrected chi connectivity index (χ4v) is 4.42. The largest absolute Gasteiger partial charge is 0.311 e. The summed E-state index contributed by atoms with van der Waals surface area (Å²) in [5.41, 5.74) is 1.05. The number of thiophene rings is 1. The van der Waals surface area contributed by atoms with Crippen molar-refractivity contribution in [3.8, 4) is 0 Å². The Morgan fingerprint density at radius 1 is 0.963 bits per heavy atom. The molecular weight excluding hydrogens is 354 g/mol. The lowest BCUT2D eigenvalue weighted by Gasteiger charge is -2.36. The smallest absolute Gasteiger partial charge is 0.230 e. The van der Waals surface area contributed by atoms with Crippen LogP contribution in [0.2, 0.25) is 0 Å². The third-order valence-electron chi connectivity index (χ3n) is 5.62. The normalized spacial score (nSPS) is 18.5. The number of anilines is 1. The first kappa shape index (κ1) is 18.7. The van der Waals surface area contributed by atoms with Crippen LogP contribution in [0.5, 0.6) is 0 Å². The summed E-state index contributed by atoms with van der Waals surface area (Å²) in [6.07, 6.45) is 3.28. The van der Waals surface area contributed by atoms with Crippen molar-refractivity contribution in [2.75, 3.05) is 50.7 Å². The number of nitrogens with zero attached hydrogens (tertiary/aromatic N) is 3. The first-order valence-electron chi connectivity index (χ1n) is 10.1. The SMILES string of the molecule is O=C(C1CC1)N(CCN1CCN(CCc2cccs2)CC1)c1ccccc1. The summed E-state index contributed by atoms with van der Waals surface area (Å²) >= 11 is 1.86. The highest BCUT2D eigenvalue weighted by molar-refractivity contribution is 7.09. The molecule has 4 rings (SSSR count). The zero-order valence-corrected chi connectivity index (χ0v) is 16.7. The number of carbonyl (C=O) groups is 1. The maximum absolute atomic E-state index is 12.7. The number of para-hydroxylation sites is 1. The summed E-state index contributed by atoms with van der Waals surface area (Å²) in [7, 11) is 0. The fraction of sp³-hybridized carbons (Fsp3) is 0.500. The zero-order chi connectivity index (χ0) is 18.5. The summed E-state index contributed by atoms with van der Waals surface area (Å²) < 4.78 is 0. The van der Waals surface area contributed by atoms with Gasteiger partial charge in [0.15, 0.2) is 0 Å². The van der Waals surface area contributed by atoms with Gasteiger partial charge in [0.1, 0.15) is 0 Å². The molecule has 1 aromatic heterocycles. The molecule has 0 spiro atoms. The van der Waals surface area contributed by atoms with Gasteiger partial charge in [-0.15, -0.1) is 11.3 Å². The molecular formula is C22H29N3OS. The van der Waals surface area contributed by atoms with Gasteiger partial charge in [0.2, 0.25) is 5.91 Å². The Labute approximate surface area is 166 Å². The predicted octanol–water partition coefficient (Wildman–Crippen LogP) is 3.35. The summed E-state index contributed by atoms with van der Waals surface area (Å²) in [5, 5.41) is 2.16. The fourth-order valence-electron chi connectivity index (χ4n) is 3.73. The molecule has 0 N–H and O–H groups in total. The van der Waals surface area contributed by atoms with Crippen molar-refractivity contribution in [2.45, 2.75) is 19.3 Å². The van der Waals surface area contributed by atoms with Gasteiger partial charge in [-0.2, -0.15) is 0 Å². The lowest BCUT2D eigenvalue weighted by Crippen LogP contribution is -2.49. The van der Waals surface area contributed by atoms with E-state index in [0.717, 1.165) is 70.8 Å². The maximum atomic E-state index is 12.7. The second-order valence-electron chi connectivity index (χ2n) is 7.61. The molecule has 1 aliphatic carbocycles. The lowest BCUT2D eigenvalue weighted by atomic mass is 10.2. The molecule has 1 amide bonds. The second kappa shape index (κ2) is 9.00. The third-order valence-corrected chi connectivity index (χ3v) is 6.56. The number of benzene rings is 1. The Bertz CT molecular complexity index is 706. The van der Waals surface area contributed by atoms with Crippen LogP contribution in [0.25, 0.3) is 0 Å². The van der Waals surface area contributed by atoms with Crippen LogP contribution >= 0.6 is 11.3 Å². The molecule has 27 heavy (non-hydrogen) atoms. The molecule has 144 valence electrons. The highest BCUT2D eigenvalue weighted by Gasteiger charge is 2.34. The van der Waals surface area contributed by atoms with Gasteiger partial charge in [0, 0.05) is 62.3 Å². The minimum atomic E-state index is 0.263. The Hall–Kier alpha value is -1.69. The van der Waals surface area contributed by atoms with Crippen LogP contribution in [0.1, 0.15) is 17.7 Å². The number of carbonyl (C=O) groups excluding carboxylic acids is 1. The molecule has 5 heteroatoms. The average Bonchev–Trinajstić information content (AvgIpc) is 3.44. The van der Waals surface area contributed by atoms with Crippen LogP contribution in [0.3, 0.4) is 0 Å². The maximum Gasteiger partial charge on any atom is 0.230 e. The Morgan fingerprint density at radius 2 is 1.67 bits per heavy atom. The van der Waals surface area contributed by atoms with E-state index in [-0.39, 0.29) is 5.92 Å². The molecule has 1 aromatic carbocycles. The molecule has 0 radical (unpaired) electrons. The molecule has 2 fully saturated rings. The molecule has 2 heterocycles. The van der Waals surface area contributed by atoms with E-state index in [1.807, 2.05) is 34.4 Å². The first-order chi connectivity index (χ1) is 13.3. The Balaban J connectivity index is 1.24. The number of hydrogen-bond acceptors (Lipinski definition) is 4. The van der Waals surface area contributed by atoms with Crippen molar-refractivity contribution < 1.29 is 4.79 Å². The highest BCUT2D eigenvalue weighted by Crippen LogP contribution is 2.32. The van der Waals surface area contributed by atoms with Crippen molar-refractivity contribution in [3.05, 3.63) is 52.7 Å². The zero-order valence-electron chi connectivity index (χ0n) is 15.9. The van der Waals surface area contributed by atoms with E-state index in [4.69, 9.17) is 0 Å². The minimum Gasteiger partial charge on any atom is -0.311 e. The minimum absolute atomic E-state index is 0.263. The van der Waals surface area contributed by atoms with E-state index in [9.17, 15) is 4.79 Å². The molecule has 0 atom stereocenters. The van der Waals surface area contributed by atoms with Crippen molar-refractivity contribution in [3.63, 3.8) is 0 Å². The molecule has 2 aliphatic rings. The molecule has 1 saturated carbocycles. The van der Waals surface area contributed by atoms with Gasteiger partial charge in [0.05, 0.1) is 0 Å². The third kappa shape index (κ3) is 5.18. The van der Waals surface area contributed by atoms with Crippen molar-refractivity contribution in [1.82, 2.24) is 9.80 Å². The summed E-state index contributed by atoms with van der Waals surface area (Å²) in [5.74, 6) is 0.579. The number of piperazine rings is 1. The Kier molecular flexibility index (Phi) is 6.22. The monoisotopic (exact) mass is 383 g/mol. The second-order valence-corrected chi connectivity index (χ2v) is 8.64. The van der Waals surface area contributed by atoms with E-state index >= 15 is 0 Å². The number of rotatable bonds is 8. The van der Waals surface area contributed by atoms with Gasteiger partial charge in [-0.1, -0.05) is 24.3 Å². The van der Waals surface area contributed by atoms with Gasteiger partial charge in [0.25, 0.3) is 0 Å². The molecule has 0 bridgehead atoms. The first-order valence-corrected chi connectivity index (χ1v) is 11.0. The van der Waals surface area contributed by atoms with E-state index in [1.54, 1.807) is 0 Å². The van der Waals surface area contributed by atoms with Gasteiger partial charge >= 0.3 is 0 Å². The van der Waals surface area contributed by atoms with E-state index in [2.05, 4.69) is 39.4 Å². The number of hydrogen-bond donors (Lipinski definition) is 0. The van der Waals surface area contributed by atoms with Gasteiger partial charge in [-0.3, -0.25) is 9.69 Å². The topological polar surface area (TPSA) is 26.8 Å². The molecule has 2 aromatic rings. The van der Waals surface area contributed by atoms with Crippen LogP contribution in [-0.2, 0) is 11.2 Å². The summed E-state index contributed by atoms with van der Waals surface area (Å²) in [6.45, 7) is 7.39. The van der Waals surface area contributed by atoms with Gasteiger partial charge < -0.3 is 9.80 Å². The molecule has 0 unspecified atom stereocenters. The van der Waals surface area contributed by atoms with E-state index < -0.39 is 0 Å². The Morgan fingerprint density at radius 3 is 2.30 bits per heavy atom.